The minimum Gasteiger partial charge on any atom is -0.374 e. The normalized spacial score (nSPS) is 27.0. The van der Waals surface area contributed by atoms with E-state index in [0.29, 0.717) is 26.4 Å². The molecule has 0 N–H and O–H groups in total. The first-order chi connectivity index (χ1) is 21.4. The van der Waals surface area contributed by atoms with E-state index in [9.17, 15) is 0 Å². The van der Waals surface area contributed by atoms with Crippen LogP contribution in [0.3, 0.4) is 0 Å². The third-order valence-electron chi connectivity index (χ3n) is 7.83. The Morgan fingerprint density at radius 1 is 0.750 bits per heavy atom. The van der Waals surface area contributed by atoms with Gasteiger partial charge in [-0.15, -0.1) is 0 Å². The van der Waals surface area contributed by atoms with Gasteiger partial charge in [-0.3, -0.25) is 0 Å². The smallest absolute Gasteiger partial charge is 0.187 e. The second-order valence-electron chi connectivity index (χ2n) is 11.5. The van der Waals surface area contributed by atoms with Crippen LogP contribution in [-0.2, 0) is 62.5 Å². The van der Waals surface area contributed by atoms with E-state index in [1.807, 2.05) is 105 Å². The molecule has 1 unspecified atom stereocenters. The molecule has 9 heteroatoms. The zero-order valence-electron chi connectivity index (χ0n) is 26.0. The molecule has 5 rings (SSSR count). The minimum atomic E-state index is -1.23. The molecule has 44 heavy (non-hydrogen) atoms. The van der Waals surface area contributed by atoms with Gasteiger partial charge in [-0.25, -0.2) is 0 Å². The zero-order valence-corrected chi connectivity index (χ0v) is 26.0. The van der Waals surface area contributed by atoms with E-state index in [2.05, 4.69) is 0 Å². The molecule has 3 aromatic carbocycles. The van der Waals surface area contributed by atoms with Gasteiger partial charge in [-0.05, 0) is 30.5 Å². The molecule has 0 spiro atoms. The summed E-state index contributed by atoms with van der Waals surface area (Å²) in [5, 5.41) is 0. The molecule has 0 bridgehead atoms. The van der Waals surface area contributed by atoms with Crippen LogP contribution in [0.1, 0.15) is 30.5 Å². The van der Waals surface area contributed by atoms with E-state index in [0.717, 1.165) is 16.7 Å². The average molecular weight is 609 g/mol. The van der Waals surface area contributed by atoms with Gasteiger partial charge in [0.2, 0.25) is 0 Å². The van der Waals surface area contributed by atoms with Gasteiger partial charge >= 0.3 is 0 Å². The van der Waals surface area contributed by atoms with Crippen LogP contribution in [0.4, 0.5) is 0 Å². The molecule has 2 saturated heterocycles. The van der Waals surface area contributed by atoms with Crippen LogP contribution in [0.2, 0.25) is 0 Å². The first-order valence-corrected chi connectivity index (χ1v) is 15.0. The topological polar surface area (TPSA) is 83.1 Å². The van der Waals surface area contributed by atoms with E-state index < -0.39 is 42.1 Å². The molecular formula is C35H44O9. The summed E-state index contributed by atoms with van der Waals surface area (Å²) in [6.07, 6.45) is -3.37. The Kier molecular flexibility index (Phi) is 11.5. The van der Waals surface area contributed by atoms with Gasteiger partial charge in [0.1, 0.15) is 31.2 Å². The van der Waals surface area contributed by atoms with Crippen molar-refractivity contribution >= 4 is 0 Å². The summed E-state index contributed by atoms with van der Waals surface area (Å²) >= 11 is 0. The van der Waals surface area contributed by atoms with Crippen LogP contribution in [0, 0.1) is 0 Å². The molecule has 0 amide bonds. The van der Waals surface area contributed by atoms with E-state index in [4.69, 9.17) is 42.6 Å². The fourth-order valence-electron chi connectivity index (χ4n) is 5.78. The van der Waals surface area contributed by atoms with Crippen LogP contribution in [0.5, 0.6) is 0 Å². The Morgan fingerprint density at radius 3 is 1.89 bits per heavy atom. The predicted molar refractivity (Wildman–Crippen MR) is 162 cm³/mol. The minimum absolute atomic E-state index is 0.0195. The molecule has 3 aromatic rings. The number of benzene rings is 3. The lowest BCUT2D eigenvalue weighted by Crippen LogP contribution is -2.62. The largest absolute Gasteiger partial charge is 0.374 e. The van der Waals surface area contributed by atoms with Gasteiger partial charge in [0, 0.05) is 14.2 Å². The Bertz CT molecular complexity index is 1240. The van der Waals surface area contributed by atoms with Gasteiger partial charge in [-0.2, -0.15) is 0 Å². The second-order valence-corrected chi connectivity index (χ2v) is 11.5. The van der Waals surface area contributed by atoms with Crippen molar-refractivity contribution in [1.29, 1.82) is 0 Å². The number of hydrogen-bond donors (Lipinski definition) is 0. The Hall–Kier alpha value is -2.70. The maximum Gasteiger partial charge on any atom is 0.187 e. The highest BCUT2D eigenvalue weighted by atomic mass is 16.8. The quantitative estimate of drug-likeness (QED) is 0.202. The highest BCUT2D eigenvalue weighted by molar-refractivity contribution is 5.17. The molecule has 0 aliphatic carbocycles. The van der Waals surface area contributed by atoms with Crippen molar-refractivity contribution in [2.24, 2.45) is 0 Å². The number of ether oxygens (including phenoxy) is 9. The number of hydrogen-bond acceptors (Lipinski definition) is 9. The molecule has 0 radical (unpaired) electrons. The molecule has 2 heterocycles. The molecule has 6 atom stereocenters. The molecule has 0 aromatic heterocycles. The lowest BCUT2D eigenvalue weighted by Gasteiger charge is -2.42. The van der Waals surface area contributed by atoms with Crippen LogP contribution in [0.25, 0.3) is 0 Å². The molecule has 9 nitrogen and oxygen atoms in total. The van der Waals surface area contributed by atoms with Crippen molar-refractivity contribution < 1.29 is 42.6 Å². The molecule has 238 valence electrons. The maximum absolute atomic E-state index is 6.86. The molecule has 2 fully saturated rings. The second kappa shape index (κ2) is 15.5. The molecule has 2 aliphatic rings. The maximum atomic E-state index is 6.86. The summed E-state index contributed by atoms with van der Waals surface area (Å²) in [4.78, 5) is 0. The van der Waals surface area contributed by atoms with Crippen LogP contribution < -0.4 is 0 Å². The lowest BCUT2D eigenvalue weighted by atomic mass is 9.86. The Morgan fingerprint density at radius 2 is 1.34 bits per heavy atom. The zero-order chi connectivity index (χ0) is 30.8. The molecule has 2 aliphatic heterocycles. The third-order valence-corrected chi connectivity index (χ3v) is 7.83. The highest BCUT2D eigenvalue weighted by Crippen LogP contribution is 2.44. The fourth-order valence-corrected chi connectivity index (χ4v) is 5.78. The van der Waals surface area contributed by atoms with Gasteiger partial charge in [-0.1, -0.05) is 91.0 Å². The van der Waals surface area contributed by atoms with Crippen LogP contribution >= 0.6 is 0 Å². The van der Waals surface area contributed by atoms with Crippen LogP contribution in [0.15, 0.2) is 91.0 Å². The summed E-state index contributed by atoms with van der Waals surface area (Å²) in [6, 6.07) is 29.9. The van der Waals surface area contributed by atoms with Gasteiger partial charge < -0.3 is 42.6 Å². The van der Waals surface area contributed by atoms with Crippen molar-refractivity contribution in [3.8, 4) is 0 Å². The summed E-state index contributed by atoms with van der Waals surface area (Å²) in [5.74, 6) is -0.809. The molecule has 0 saturated carbocycles. The number of methoxy groups -OCH3 is 2. The van der Waals surface area contributed by atoms with E-state index in [1.165, 1.54) is 0 Å². The van der Waals surface area contributed by atoms with E-state index in [-0.39, 0.29) is 13.4 Å². The SMILES string of the molecule is COCO[C@H]1[C@@H](OC)O[C@](COCc2ccccc2)(C(OCc2ccccc2)[C@H]2COC(C)(C)O2)[C@@H]1OCc1ccccc1. The van der Waals surface area contributed by atoms with Crippen molar-refractivity contribution in [2.45, 2.75) is 75.8 Å². The monoisotopic (exact) mass is 608 g/mol. The Labute approximate surface area is 260 Å². The first kappa shape index (κ1) is 32.7. The number of rotatable bonds is 16. The van der Waals surface area contributed by atoms with Gasteiger partial charge in [0.15, 0.2) is 17.7 Å². The van der Waals surface area contributed by atoms with Crippen molar-refractivity contribution in [3.63, 3.8) is 0 Å². The van der Waals surface area contributed by atoms with Gasteiger partial charge in [0.05, 0.1) is 33.0 Å². The standard InChI is InChI=1S/C35H44O9/c1-34(2)42-23-29(43-34)31(39-21-27-16-10-6-11-17-27)35(24-38-20-26-14-8-5-9-15-26)32(40-22-28-18-12-7-13-19-28)30(41-25-36-3)33(37-4)44-35/h5-19,29-33H,20-25H2,1-4H3/t29-,30-,31?,32-,33+,35-/m1/s1. The predicted octanol–water partition coefficient (Wildman–Crippen LogP) is 5.26. The van der Waals surface area contributed by atoms with E-state index in [1.54, 1.807) is 14.2 Å². The van der Waals surface area contributed by atoms with E-state index >= 15 is 0 Å². The lowest BCUT2D eigenvalue weighted by molar-refractivity contribution is -0.264. The van der Waals surface area contributed by atoms with Crippen LogP contribution in [-0.4, -0.2) is 76.3 Å². The fraction of sp³-hybridized carbons (Fsp3) is 0.486. The first-order valence-electron chi connectivity index (χ1n) is 15.0. The molecular weight excluding hydrogens is 564 g/mol. The summed E-state index contributed by atoms with van der Waals surface area (Å²) in [6.45, 7) is 5.17. The van der Waals surface area contributed by atoms with Crippen molar-refractivity contribution in [1.82, 2.24) is 0 Å². The average Bonchev–Trinajstić information content (AvgIpc) is 3.56. The summed E-state index contributed by atoms with van der Waals surface area (Å²) in [7, 11) is 3.16. The van der Waals surface area contributed by atoms with Gasteiger partial charge in [0.25, 0.3) is 0 Å². The Balaban J connectivity index is 1.54. The summed E-state index contributed by atoms with van der Waals surface area (Å²) < 4.78 is 56.8. The van der Waals surface area contributed by atoms with Crippen molar-refractivity contribution in [3.05, 3.63) is 108 Å². The van der Waals surface area contributed by atoms with Crippen molar-refractivity contribution in [2.75, 3.05) is 34.2 Å². The third kappa shape index (κ3) is 8.11. The highest BCUT2D eigenvalue weighted by Gasteiger charge is 2.64. The summed E-state index contributed by atoms with van der Waals surface area (Å²) in [5.41, 5.74) is 1.81.